The fourth-order valence-electron chi connectivity index (χ4n) is 3.96. The third kappa shape index (κ3) is 3.89. The zero-order chi connectivity index (χ0) is 21.3. The highest BCUT2D eigenvalue weighted by Gasteiger charge is 2.29. The van der Waals surface area contributed by atoms with Crippen LogP contribution in [0.2, 0.25) is 0 Å². The number of fused-ring (bicyclic) bond motifs is 1. The minimum Gasteiger partial charge on any atom is -0.384 e. The Hall–Kier alpha value is -2.58. The lowest BCUT2D eigenvalue weighted by Crippen LogP contribution is -2.36. The summed E-state index contributed by atoms with van der Waals surface area (Å²) in [5.41, 5.74) is 0.905. The molecule has 0 amide bonds. The number of pyridine rings is 1. The van der Waals surface area contributed by atoms with Crippen molar-refractivity contribution < 1.29 is 21.9 Å². The molecule has 30 heavy (non-hydrogen) atoms. The van der Waals surface area contributed by atoms with Gasteiger partial charge in [-0.05, 0) is 55.2 Å². The molecular formula is C22H22F2N2O3S. The summed E-state index contributed by atoms with van der Waals surface area (Å²) in [5.74, 6) is -0.538. The number of nitrogens with zero attached hydrogens (tertiary/aromatic N) is 2. The second kappa shape index (κ2) is 8.28. The molecule has 0 N–H and O–H groups in total. The molecule has 2 heterocycles. The van der Waals surface area contributed by atoms with E-state index in [-0.39, 0.29) is 9.79 Å². The first-order valence-corrected chi connectivity index (χ1v) is 11.2. The number of hydrogen-bond donors (Lipinski definition) is 0. The average Bonchev–Trinajstić information content (AvgIpc) is 2.74. The molecule has 3 aromatic rings. The van der Waals surface area contributed by atoms with Crippen LogP contribution in [0.5, 0.6) is 0 Å². The molecule has 1 aliphatic heterocycles. The Labute approximate surface area is 174 Å². The van der Waals surface area contributed by atoms with Gasteiger partial charge in [0, 0.05) is 44.5 Å². The molecule has 0 aliphatic carbocycles. The van der Waals surface area contributed by atoms with Crippen molar-refractivity contribution in [1.82, 2.24) is 4.98 Å². The van der Waals surface area contributed by atoms with Gasteiger partial charge < -0.3 is 9.64 Å². The Bertz CT molecular complexity index is 1160. The Morgan fingerprint density at radius 1 is 1.07 bits per heavy atom. The van der Waals surface area contributed by atoms with Crippen molar-refractivity contribution in [1.29, 1.82) is 0 Å². The van der Waals surface area contributed by atoms with Gasteiger partial charge in [0.2, 0.25) is 9.84 Å². The molecule has 158 valence electrons. The van der Waals surface area contributed by atoms with Gasteiger partial charge in [-0.2, -0.15) is 0 Å². The van der Waals surface area contributed by atoms with Crippen LogP contribution in [0.1, 0.15) is 12.8 Å². The molecule has 0 spiro atoms. The van der Waals surface area contributed by atoms with Gasteiger partial charge in [0.1, 0.15) is 16.5 Å². The maximum Gasteiger partial charge on any atom is 0.210 e. The standard InChI is InChI=1S/C22H22F2N2O3S/c1-29-14-15-8-10-26(11-9-15)22-19-7-4-17(24)12-20(19)25-13-21(22)30(27,28)18-5-2-16(23)3-6-18/h2-7,12-13,15H,8-11,14H2,1H3. The Balaban J connectivity index is 1.85. The SMILES string of the molecule is COCC1CCN(c2c(S(=O)(=O)c3ccc(F)cc3)cnc3cc(F)ccc23)CC1. The van der Waals surface area contributed by atoms with Crippen LogP contribution >= 0.6 is 0 Å². The van der Waals surface area contributed by atoms with Gasteiger partial charge >= 0.3 is 0 Å². The maximum atomic E-state index is 13.8. The summed E-state index contributed by atoms with van der Waals surface area (Å²) >= 11 is 0. The molecule has 0 bridgehead atoms. The van der Waals surface area contributed by atoms with E-state index in [4.69, 9.17) is 4.74 Å². The maximum absolute atomic E-state index is 13.8. The van der Waals surface area contributed by atoms with Gasteiger partial charge in [-0.15, -0.1) is 0 Å². The van der Waals surface area contributed by atoms with Gasteiger partial charge in [0.25, 0.3) is 0 Å². The fraction of sp³-hybridized carbons (Fsp3) is 0.318. The first kappa shape index (κ1) is 20.7. The predicted octanol–water partition coefficient (Wildman–Crippen LogP) is 4.21. The number of sulfone groups is 1. The Morgan fingerprint density at radius 3 is 2.40 bits per heavy atom. The highest BCUT2D eigenvalue weighted by Crippen LogP contribution is 2.37. The van der Waals surface area contributed by atoms with E-state index in [1.54, 1.807) is 13.2 Å². The lowest BCUT2D eigenvalue weighted by molar-refractivity contribution is 0.139. The van der Waals surface area contributed by atoms with Crippen molar-refractivity contribution in [3.8, 4) is 0 Å². The normalized spacial score (nSPS) is 15.6. The van der Waals surface area contributed by atoms with Crippen molar-refractivity contribution >= 4 is 26.4 Å². The summed E-state index contributed by atoms with van der Waals surface area (Å²) in [6.45, 7) is 1.96. The fourth-order valence-corrected chi connectivity index (χ4v) is 5.39. The van der Waals surface area contributed by atoms with E-state index in [9.17, 15) is 17.2 Å². The largest absolute Gasteiger partial charge is 0.384 e. The van der Waals surface area contributed by atoms with Crippen LogP contribution in [0, 0.1) is 17.6 Å². The van der Waals surface area contributed by atoms with Crippen molar-refractivity contribution in [2.45, 2.75) is 22.6 Å². The molecule has 0 unspecified atom stereocenters. The Kier molecular flexibility index (Phi) is 5.71. The lowest BCUT2D eigenvalue weighted by Gasteiger charge is -2.35. The van der Waals surface area contributed by atoms with Gasteiger partial charge in [0.05, 0.1) is 16.1 Å². The van der Waals surface area contributed by atoms with Crippen LogP contribution in [0.25, 0.3) is 10.9 Å². The smallest absolute Gasteiger partial charge is 0.210 e. The van der Waals surface area contributed by atoms with E-state index in [2.05, 4.69) is 4.98 Å². The third-order valence-electron chi connectivity index (χ3n) is 5.52. The summed E-state index contributed by atoms with van der Waals surface area (Å²) in [6, 6.07) is 8.89. The minimum atomic E-state index is -3.95. The zero-order valence-corrected chi connectivity index (χ0v) is 17.3. The molecule has 0 atom stereocenters. The summed E-state index contributed by atoms with van der Waals surface area (Å²) in [6.07, 6.45) is 2.99. The van der Waals surface area contributed by atoms with E-state index >= 15 is 0 Å². The second-order valence-electron chi connectivity index (χ2n) is 7.48. The van der Waals surface area contributed by atoms with Crippen LogP contribution in [0.15, 0.2) is 58.5 Å². The predicted molar refractivity (Wildman–Crippen MR) is 110 cm³/mol. The molecule has 1 aromatic heterocycles. The van der Waals surface area contributed by atoms with Crippen molar-refractivity contribution in [2.24, 2.45) is 5.92 Å². The molecule has 0 radical (unpaired) electrons. The number of rotatable bonds is 5. The molecule has 8 heteroatoms. The number of hydrogen-bond acceptors (Lipinski definition) is 5. The average molecular weight is 432 g/mol. The third-order valence-corrected chi connectivity index (χ3v) is 7.29. The molecule has 1 saturated heterocycles. The monoisotopic (exact) mass is 432 g/mol. The second-order valence-corrected chi connectivity index (χ2v) is 9.39. The van der Waals surface area contributed by atoms with Gasteiger partial charge in [0.15, 0.2) is 0 Å². The van der Waals surface area contributed by atoms with E-state index in [1.165, 1.54) is 30.5 Å². The highest BCUT2D eigenvalue weighted by molar-refractivity contribution is 7.91. The number of piperidine rings is 1. The molecule has 1 fully saturated rings. The van der Waals surface area contributed by atoms with E-state index in [0.29, 0.717) is 42.2 Å². The van der Waals surface area contributed by atoms with Crippen LogP contribution in [-0.2, 0) is 14.6 Å². The number of halogens is 2. The minimum absolute atomic E-state index is 0.0114. The van der Waals surface area contributed by atoms with Gasteiger partial charge in [-0.25, -0.2) is 17.2 Å². The highest BCUT2D eigenvalue weighted by atomic mass is 32.2. The van der Waals surface area contributed by atoms with E-state index < -0.39 is 21.5 Å². The van der Waals surface area contributed by atoms with Crippen molar-refractivity contribution in [2.75, 3.05) is 31.7 Å². The summed E-state index contributed by atoms with van der Waals surface area (Å²) < 4.78 is 59.2. The molecule has 4 rings (SSSR count). The van der Waals surface area contributed by atoms with E-state index in [0.717, 1.165) is 25.0 Å². The number of aromatic nitrogens is 1. The number of anilines is 1. The van der Waals surface area contributed by atoms with Crippen LogP contribution in [0.4, 0.5) is 14.5 Å². The van der Waals surface area contributed by atoms with Crippen molar-refractivity contribution in [3.63, 3.8) is 0 Å². The van der Waals surface area contributed by atoms with Crippen LogP contribution in [-0.4, -0.2) is 40.2 Å². The zero-order valence-electron chi connectivity index (χ0n) is 16.5. The van der Waals surface area contributed by atoms with Crippen LogP contribution in [0.3, 0.4) is 0 Å². The Morgan fingerprint density at radius 2 is 1.73 bits per heavy atom. The summed E-state index contributed by atoms with van der Waals surface area (Å²) in [5, 5.41) is 0.574. The van der Waals surface area contributed by atoms with Gasteiger partial charge in [-0.3, -0.25) is 4.98 Å². The summed E-state index contributed by atoms with van der Waals surface area (Å²) in [7, 11) is -2.28. The molecular weight excluding hydrogens is 410 g/mol. The lowest BCUT2D eigenvalue weighted by atomic mass is 9.97. The molecule has 0 saturated carbocycles. The molecule has 2 aromatic carbocycles. The number of methoxy groups -OCH3 is 1. The first-order valence-electron chi connectivity index (χ1n) is 9.73. The van der Waals surface area contributed by atoms with E-state index in [1.807, 2.05) is 4.90 Å². The molecule has 1 aliphatic rings. The van der Waals surface area contributed by atoms with Gasteiger partial charge in [-0.1, -0.05) is 0 Å². The number of benzene rings is 2. The van der Waals surface area contributed by atoms with Crippen molar-refractivity contribution in [3.05, 3.63) is 60.3 Å². The number of ether oxygens (including phenoxy) is 1. The van der Waals surface area contributed by atoms with Crippen LogP contribution < -0.4 is 4.90 Å². The first-order chi connectivity index (χ1) is 14.4. The topological polar surface area (TPSA) is 59.5 Å². The molecule has 5 nitrogen and oxygen atoms in total. The quantitative estimate of drug-likeness (QED) is 0.566. The summed E-state index contributed by atoms with van der Waals surface area (Å²) in [4.78, 5) is 6.26.